The predicted molar refractivity (Wildman–Crippen MR) is 61.6 cm³/mol. The van der Waals surface area contributed by atoms with Crippen molar-refractivity contribution in [2.45, 2.75) is 6.04 Å². The number of hydrogen-bond acceptors (Lipinski definition) is 3. The third kappa shape index (κ3) is 2.61. The Morgan fingerprint density at radius 2 is 2.12 bits per heavy atom. The first-order chi connectivity index (χ1) is 8.19. The van der Waals surface area contributed by atoms with Crippen molar-refractivity contribution in [2.24, 2.45) is 7.05 Å². The van der Waals surface area contributed by atoms with Crippen molar-refractivity contribution in [2.75, 3.05) is 5.32 Å². The highest BCUT2D eigenvalue weighted by Gasteiger charge is 2.11. The maximum absolute atomic E-state index is 12.7. The van der Waals surface area contributed by atoms with Crippen LogP contribution < -0.4 is 5.32 Å². The maximum Gasteiger partial charge on any atom is 0.143 e. The fourth-order valence-corrected chi connectivity index (χ4v) is 1.49. The van der Waals surface area contributed by atoms with E-state index in [1.54, 1.807) is 36.3 Å². The van der Waals surface area contributed by atoms with Gasteiger partial charge in [0.2, 0.25) is 0 Å². The van der Waals surface area contributed by atoms with Crippen molar-refractivity contribution in [3.05, 3.63) is 48.0 Å². The van der Waals surface area contributed by atoms with Crippen LogP contribution in [0.5, 0.6) is 0 Å². The van der Waals surface area contributed by atoms with E-state index < -0.39 is 6.04 Å². The van der Waals surface area contributed by atoms with Gasteiger partial charge in [-0.15, -0.1) is 0 Å². The molecule has 0 bridgehead atoms. The summed E-state index contributed by atoms with van der Waals surface area (Å²) in [4.78, 5) is 0. The van der Waals surface area contributed by atoms with Crippen molar-refractivity contribution in [1.82, 2.24) is 9.78 Å². The topological polar surface area (TPSA) is 53.6 Å². The molecule has 0 spiro atoms. The van der Waals surface area contributed by atoms with Crippen molar-refractivity contribution >= 4 is 5.69 Å². The first kappa shape index (κ1) is 11.1. The second kappa shape index (κ2) is 4.66. The molecule has 2 rings (SSSR count). The Labute approximate surface area is 98.3 Å². The highest BCUT2D eigenvalue weighted by Crippen LogP contribution is 2.18. The number of rotatable bonds is 3. The molecule has 86 valence electrons. The second-order valence-electron chi connectivity index (χ2n) is 3.66. The average molecular weight is 230 g/mol. The summed E-state index contributed by atoms with van der Waals surface area (Å²) in [6.45, 7) is 0. The van der Waals surface area contributed by atoms with Crippen molar-refractivity contribution < 1.29 is 4.39 Å². The molecule has 0 aliphatic rings. The van der Waals surface area contributed by atoms with Gasteiger partial charge in [0, 0.05) is 24.5 Å². The lowest BCUT2D eigenvalue weighted by atomic mass is 10.1. The van der Waals surface area contributed by atoms with Gasteiger partial charge in [0.15, 0.2) is 0 Å². The number of nitrogens with one attached hydrogen (secondary N) is 1. The van der Waals surface area contributed by atoms with Gasteiger partial charge in [-0.05, 0) is 24.3 Å². The Balaban J connectivity index is 2.16. The highest BCUT2D eigenvalue weighted by molar-refractivity contribution is 5.46. The summed E-state index contributed by atoms with van der Waals surface area (Å²) in [7, 11) is 1.79. The second-order valence-corrected chi connectivity index (χ2v) is 3.66. The van der Waals surface area contributed by atoms with Gasteiger partial charge in [0.25, 0.3) is 0 Å². The van der Waals surface area contributed by atoms with E-state index in [2.05, 4.69) is 16.5 Å². The van der Waals surface area contributed by atoms with E-state index in [4.69, 9.17) is 5.26 Å². The molecule has 0 saturated carbocycles. The molecule has 0 aliphatic heterocycles. The normalized spacial score (nSPS) is 11.8. The van der Waals surface area contributed by atoms with Crippen LogP contribution in [0.1, 0.15) is 11.6 Å². The monoisotopic (exact) mass is 230 g/mol. The number of nitriles is 1. The lowest BCUT2D eigenvalue weighted by Gasteiger charge is -2.10. The number of benzene rings is 1. The van der Waals surface area contributed by atoms with Gasteiger partial charge >= 0.3 is 0 Å². The van der Waals surface area contributed by atoms with E-state index in [0.29, 0.717) is 5.69 Å². The van der Waals surface area contributed by atoms with Crippen LogP contribution >= 0.6 is 0 Å². The number of aromatic nitrogens is 2. The molecule has 0 amide bonds. The zero-order valence-electron chi connectivity index (χ0n) is 9.26. The molecule has 1 aromatic heterocycles. The zero-order valence-corrected chi connectivity index (χ0v) is 9.26. The Bertz CT molecular complexity index is 538. The molecule has 1 N–H and O–H groups in total. The van der Waals surface area contributed by atoms with Gasteiger partial charge in [-0.2, -0.15) is 10.4 Å². The highest BCUT2D eigenvalue weighted by atomic mass is 19.1. The van der Waals surface area contributed by atoms with Gasteiger partial charge in [-0.1, -0.05) is 0 Å². The molecule has 4 nitrogen and oxygen atoms in total. The zero-order chi connectivity index (χ0) is 12.3. The lowest BCUT2D eigenvalue weighted by molar-refractivity contribution is 0.628. The summed E-state index contributed by atoms with van der Waals surface area (Å²) in [5.41, 5.74) is 1.47. The van der Waals surface area contributed by atoms with Gasteiger partial charge in [-0.3, -0.25) is 4.68 Å². The van der Waals surface area contributed by atoms with Crippen LogP contribution in [-0.2, 0) is 7.05 Å². The van der Waals surface area contributed by atoms with Gasteiger partial charge < -0.3 is 5.32 Å². The standard InChI is InChI=1S/C12H11FN4/c1-17-8-9(7-15-17)12(6-14)16-11-4-2-10(13)3-5-11/h2-5,7-8,12,16H,1H3. The average Bonchev–Trinajstić information content (AvgIpc) is 2.75. The lowest BCUT2D eigenvalue weighted by Crippen LogP contribution is -2.07. The van der Waals surface area contributed by atoms with Gasteiger partial charge in [-0.25, -0.2) is 4.39 Å². The molecule has 1 aromatic carbocycles. The minimum atomic E-state index is -0.492. The molecular weight excluding hydrogens is 219 g/mol. The van der Waals surface area contributed by atoms with E-state index in [0.717, 1.165) is 5.56 Å². The summed E-state index contributed by atoms with van der Waals surface area (Å²) >= 11 is 0. The summed E-state index contributed by atoms with van der Waals surface area (Å²) in [6.07, 6.45) is 3.40. The Kier molecular flexibility index (Phi) is 3.06. The first-order valence-electron chi connectivity index (χ1n) is 5.09. The van der Waals surface area contributed by atoms with Crippen LogP contribution in [0.25, 0.3) is 0 Å². The number of hydrogen-bond donors (Lipinski definition) is 1. The van der Waals surface area contributed by atoms with Crippen molar-refractivity contribution in [3.8, 4) is 6.07 Å². The predicted octanol–water partition coefficient (Wildman–Crippen LogP) is 2.24. The van der Waals surface area contributed by atoms with E-state index in [9.17, 15) is 4.39 Å². The van der Waals surface area contributed by atoms with E-state index in [1.807, 2.05) is 0 Å². The molecule has 2 aromatic rings. The van der Waals surface area contributed by atoms with Crippen LogP contribution in [0.15, 0.2) is 36.7 Å². The molecule has 5 heteroatoms. The van der Waals surface area contributed by atoms with Gasteiger partial charge in [0.1, 0.15) is 11.9 Å². The number of nitrogens with zero attached hydrogens (tertiary/aromatic N) is 3. The molecule has 0 saturated heterocycles. The van der Waals surface area contributed by atoms with Crippen LogP contribution in [-0.4, -0.2) is 9.78 Å². The first-order valence-corrected chi connectivity index (χ1v) is 5.09. The molecule has 1 atom stereocenters. The van der Waals surface area contributed by atoms with E-state index in [1.165, 1.54) is 12.1 Å². The minimum absolute atomic E-state index is 0.301. The van der Waals surface area contributed by atoms with Gasteiger partial charge in [0.05, 0.1) is 12.3 Å². The summed E-state index contributed by atoms with van der Waals surface area (Å²) < 4.78 is 14.4. The Morgan fingerprint density at radius 3 is 2.65 bits per heavy atom. The molecule has 0 radical (unpaired) electrons. The van der Waals surface area contributed by atoms with Crippen LogP contribution in [0, 0.1) is 17.1 Å². The van der Waals surface area contributed by atoms with E-state index >= 15 is 0 Å². The van der Waals surface area contributed by atoms with Crippen LogP contribution in [0.2, 0.25) is 0 Å². The Morgan fingerprint density at radius 1 is 1.41 bits per heavy atom. The van der Waals surface area contributed by atoms with Crippen LogP contribution in [0.4, 0.5) is 10.1 Å². The maximum atomic E-state index is 12.7. The third-order valence-corrected chi connectivity index (χ3v) is 2.34. The quantitative estimate of drug-likeness (QED) is 0.879. The van der Waals surface area contributed by atoms with Crippen molar-refractivity contribution in [3.63, 3.8) is 0 Å². The molecule has 0 fully saturated rings. The molecule has 1 heterocycles. The number of anilines is 1. The fraction of sp³-hybridized carbons (Fsp3) is 0.167. The molecular formula is C12H11FN4. The number of aryl methyl sites for hydroxylation is 1. The molecule has 1 unspecified atom stereocenters. The fourth-order valence-electron chi connectivity index (χ4n) is 1.49. The largest absolute Gasteiger partial charge is 0.366 e. The number of halogens is 1. The Hall–Kier alpha value is -2.35. The smallest absolute Gasteiger partial charge is 0.143 e. The van der Waals surface area contributed by atoms with Crippen molar-refractivity contribution in [1.29, 1.82) is 5.26 Å². The molecule has 0 aliphatic carbocycles. The SMILES string of the molecule is Cn1cc(C(C#N)Nc2ccc(F)cc2)cn1. The van der Waals surface area contributed by atoms with Crippen LogP contribution in [0.3, 0.4) is 0 Å². The summed E-state index contributed by atoms with van der Waals surface area (Å²) in [5.74, 6) is -0.301. The third-order valence-electron chi connectivity index (χ3n) is 2.34. The molecule has 17 heavy (non-hydrogen) atoms. The van der Waals surface area contributed by atoms with E-state index in [-0.39, 0.29) is 5.82 Å². The minimum Gasteiger partial charge on any atom is -0.366 e. The summed E-state index contributed by atoms with van der Waals surface area (Å²) in [5, 5.41) is 16.1. The summed E-state index contributed by atoms with van der Waals surface area (Å²) in [6, 6.07) is 7.53.